The zero-order chi connectivity index (χ0) is 17.8. The van der Waals surface area contributed by atoms with Crippen LogP contribution in [0, 0.1) is 3.82 Å². The summed E-state index contributed by atoms with van der Waals surface area (Å²) in [7, 11) is 5.64. The minimum absolute atomic E-state index is 0.400. The van der Waals surface area contributed by atoms with Crippen LogP contribution in [0.1, 0.15) is 30.9 Å². The molecule has 0 unspecified atom stereocenters. The summed E-state index contributed by atoms with van der Waals surface area (Å²) in [6.45, 7) is 7.39. The number of hydrogen-bond acceptors (Lipinski definition) is 6. The van der Waals surface area contributed by atoms with E-state index in [2.05, 4.69) is 29.8 Å². The molecule has 0 aliphatic carbocycles. The van der Waals surface area contributed by atoms with Crippen molar-refractivity contribution in [2.45, 2.75) is 32.7 Å². The van der Waals surface area contributed by atoms with Crippen LogP contribution in [-0.2, 0) is 13.0 Å². The number of hydrogen-bond donors (Lipinski definition) is 1. The SMILES string of the molecule is CCCc1c(-c2ccc(O)c(CN3CCCN(C)CC3)c2)ssc1=S. The van der Waals surface area contributed by atoms with Gasteiger partial charge in [0.1, 0.15) is 9.57 Å². The van der Waals surface area contributed by atoms with Gasteiger partial charge in [0.2, 0.25) is 0 Å². The third-order valence-electron chi connectivity index (χ3n) is 4.77. The summed E-state index contributed by atoms with van der Waals surface area (Å²) in [5.74, 6) is 0.400. The van der Waals surface area contributed by atoms with Crippen LogP contribution in [0.3, 0.4) is 0 Å². The van der Waals surface area contributed by atoms with Gasteiger partial charge in [0, 0.05) is 25.2 Å². The third kappa shape index (κ3) is 4.68. The van der Waals surface area contributed by atoms with Crippen molar-refractivity contribution in [3.05, 3.63) is 33.1 Å². The molecule has 0 amide bonds. The average Bonchev–Trinajstić information content (AvgIpc) is 2.82. The van der Waals surface area contributed by atoms with Crippen molar-refractivity contribution in [3.8, 4) is 16.2 Å². The fourth-order valence-electron chi connectivity index (χ4n) is 3.31. The summed E-state index contributed by atoms with van der Waals surface area (Å²) in [6, 6.07) is 6.04. The van der Waals surface area contributed by atoms with E-state index in [9.17, 15) is 5.11 Å². The van der Waals surface area contributed by atoms with E-state index in [4.69, 9.17) is 12.2 Å². The average molecular weight is 395 g/mol. The van der Waals surface area contributed by atoms with E-state index in [1.807, 2.05) is 12.1 Å². The molecule has 2 heterocycles. The Labute approximate surface area is 162 Å². The minimum Gasteiger partial charge on any atom is -0.508 e. The number of nitrogens with zero attached hydrogens (tertiary/aromatic N) is 2. The first-order chi connectivity index (χ1) is 12.1. The topological polar surface area (TPSA) is 26.7 Å². The molecule has 1 fully saturated rings. The lowest BCUT2D eigenvalue weighted by molar-refractivity contribution is 0.266. The molecule has 1 N–H and O–H groups in total. The standard InChI is InChI=1S/C19H26N2OS3/c1-3-5-16-18(24-25-19(16)23)14-6-7-17(22)15(12-14)13-21-9-4-8-20(2)10-11-21/h6-7,12,22H,3-5,8-11,13H2,1-2H3. The van der Waals surface area contributed by atoms with E-state index < -0.39 is 0 Å². The van der Waals surface area contributed by atoms with Gasteiger partial charge in [-0.25, -0.2) is 0 Å². The Balaban J connectivity index is 1.84. The van der Waals surface area contributed by atoms with Crippen LogP contribution in [0.4, 0.5) is 0 Å². The van der Waals surface area contributed by atoms with Gasteiger partial charge in [-0.3, -0.25) is 4.90 Å². The predicted molar refractivity (Wildman–Crippen MR) is 112 cm³/mol. The van der Waals surface area contributed by atoms with E-state index in [1.54, 1.807) is 20.7 Å². The van der Waals surface area contributed by atoms with Crippen molar-refractivity contribution in [2.24, 2.45) is 0 Å². The molecule has 2 aromatic rings. The molecule has 1 aliphatic heterocycles. The minimum atomic E-state index is 0.400. The highest BCUT2D eigenvalue weighted by Crippen LogP contribution is 2.37. The van der Waals surface area contributed by atoms with E-state index in [1.165, 1.54) is 22.4 Å². The van der Waals surface area contributed by atoms with Crippen molar-refractivity contribution < 1.29 is 5.11 Å². The molecule has 6 heteroatoms. The molecule has 0 radical (unpaired) electrons. The van der Waals surface area contributed by atoms with Crippen LogP contribution in [0.15, 0.2) is 18.2 Å². The summed E-state index contributed by atoms with van der Waals surface area (Å²) in [5.41, 5.74) is 3.52. The van der Waals surface area contributed by atoms with Crippen molar-refractivity contribution >= 4 is 32.9 Å². The van der Waals surface area contributed by atoms with Crippen molar-refractivity contribution in [1.29, 1.82) is 0 Å². The summed E-state index contributed by atoms with van der Waals surface area (Å²) in [6.07, 6.45) is 3.32. The van der Waals surface area contributed by atoms with Crippen LogP contribution in [-0.4, -0.2) is 48.1 Å². The first-order valence-corrected chi connectivity index (χ1v) is 11.5. The maximum absolute atomic E-state index is 10.4. The highest BCUT2D eigenvalue weighted by atomic mass is 32.9. The van der Waals surface area contributed by atoms with Gasteiger partial charge in [-0.15, -0.1) is 0 Å². The van der Waals surface area contributed by atoms with Gasteiger partial charge in [-0.05, 0) is 62.3 Å². The van der Waals surface area contributed by atoms with Gasteiger partial charge in [-0.2, -0.15) is 0 Å². The molecule has 136 valence electrons. The quantitative estimate of drug-likeness (QED) is 0.570. The third-order valence-corrected chi connectivity index (χ3v) is 7.96. The highest BCUT2D eigenvalue weighted by Gasteiger charge is 2.16. The maximum Gasteiger partial charge on any atom is 0.120 e. The lowest BCUT2D eigenvalue weighted by atomic mass is 10.0. The van der Waals surface area contributed by atoms with Gasteiger partial charge in [0.05, 0.1) is 4.88 Å². The molecule has 0 spiro atoms. The first-order valence-electron chi connectivity index (χ1n) is 8.93. The van der Waals surface area contributed by atoms with Crippen molar-refractivity contribution in [1.82, 2.24) is 9.80 Å². The molecule has 0 saturated carbocycles. The second-order valence-electron chi connectivity index (χ2n) is 6.79. The lowest BCUT2D eigenvalue weighted by Crippen LogP contribution is -2.28. The molecule has 0 bridgehead atoms. The van der Waals surface area contributed by atoms with E-state index in [-0.39, 0.29) is 0 Å². The molecule has 3 nitrogen and oxygen atoms in total. The summed E-state index contributed by atoms with van der Waals surface area (Å²) in [5, 5.41) is 10.4. The molecule has 1 aromatic heterocycles. The molecule has 1 aliphatic rings. The molecule has 25 heavy (non-hydrogen) atoms. The summed E-state index contributed by atoms with van der Waals surface area (Å²) < 4.78 is 1.02. The largest absolute Gasteiger partial charge is 0.508 e. The van der Waals surface area contributed by atoms with Gasteiger partial charge in [0.15, 0.2) is 0 Å². The number of phenolic OH excluding ortho intramolecular Hbond substituents is 1. The van der Waals surface area contributed by atoms with Crippen LogP contribution < -0.4 is 0 Å². The van der Waals surface area contributed by atoms with E-state index in [0.717, 1.165) is 55.0 Å². The smallest absolute Gasteiger partial charge is 0.120 e. The second kappa shape index (κ2) is 8.73. The maximum atomic E-state index is 10.4. The fraction of sp³-hybridized carbons (Fsp3) is 0.526. The summed E-state index contributed by atoms with van der Waals surface area (Å²) >= 11 is 5.52. The number of phenols is 1. The molecule has 1 aromatic carbocycles. The Morgan fingerprint density at radius 2 is 2.00 bits per heavy atom. The Bertz CT molecular complexity index is 768. The van der Waals surface area contributed by atoms with E-state index >= 15 is 0 Å². The van der Waals surface area contributed by atoms with E-state index in [0.29, 0.717) is 5.75 Å². The highest BCUT2D eigenvalue weighted by molar-refractivity contribution is 7.80. The van der Waals surface area contributed by atoms with Crippen LogP contribution >= 0.6 is 32.9 Å². The lowest BCUT2D eigenvalue weighted by Gasteiger charge is -2.21. The Hall–Kier alpha value is -0.790. The number of aromatic hydroxyl groups is 1. The van der Waals surface area contributed by atoms with Gasteiger partial charge in [-0.1, -0.05) is 46.2 Å². The van der Waals surface area contributed by atoms with Crippen molar-refractivity contribution in [3.63, 3.8) is 0 Å². The molecular formula is C19H26N2OS3. The fourth-order valence-corrected chi connectivity index (χ4v) is 6.31. The second-order valence-corrected chi connectivity index (χ2v) is 9.60. The van der Waals surface area contributed by atoms with Gasteiger partial charge >= 0.3 is 0 Å². The van der Waals surface area contributed by atoms with Crippen LogP contribution in [0.5, 0.6) is 5.75 Å². The number of likely N-dealkylation sites (N-methyl/N-ethyl adjacent to an activating group) is 1. The Kier molecular flexibility index (Phi) is 6.63. The first kappa shape index (κ1) is 19.0. The zero-order valence-electron chi connectivity index (χ0n) is 15.0. The monoisotopic (exact) mass is 394 g/mol. The predicted octanol–water partition coefficient (Wildman–Crippen LogP) is 5.00. The number of rotatable bonds is 5. The number of benzene rings is 1. The zero-order valence-corrected chi connectivity index (χ0v) is 17.4. The molecule has 1 saturated heterocycles. The normalized spacial score (nSPS) is 16.9. The Morgan fingerprint density at radius 1 is 1.16 bits per heavy atom. The molecule has 3 rings (SSSR count). The van der Waals surface area contributed by atoms with Gasteiger partial charge < -0.3 is 10.0 Å². The van der Waals surface area contributed by atoms with Crippen molar-refractivity contribution in [2.75, 3.05) is 33.2 Å². The summed E-state index contributed by atoms with van der Waals surface area (Å²) in [4.78, 5) is 6.12. The molecular weight excluding hydrogens is 368 g/mol. The van der Waals surface area contributed by atoms with Gasteiger partial charge in [0.25, 0.3) is 0 Å². The van der Waals surface area contributed by atoms with Crippen LogP contribution in [0.2, 0.25) is 0 Å². The Morgan fingerprint density at radius 3 is 2.80 bits per heavy atom. The molecule has 0 atom stereocenters. The van der Waals surface area contributed by atoms with Crippen LogP contribution in [0.25, 0.3) is 10.4 Å².